The van der Waals surface area contributed by atoms with Gasteiger partial charge in [0.2, 0.25) is 0 Å². The molecular formula is C17H20ClN3. The molecule has 0 spiro atoms. The molecule has 0 radical (unpaired) electrons. The molecule has 1 saturated carbocycles. The summed E-state index contributed by atoms with van der Waals surface area (Å²) in [6, 6.07) is 8.43. The number of anilines is 2. The summed E-state index contributed by atoms with van der Waals surface area (Å²) in [7, 11) is 0. The maximum Gasteiger partial charge on any atom is 0.138 e. The maximum absolute atomic E-state index is 6.25. The molecular weight excluding hydrogens is 282 g/mol. The first-order valence-electron chi connectivity index (χ1n) is 7.45. The lowest BCUT2D eigenvalue weighted by Crippen LogP contribution is -2.03. The van der Waals surface area contributed by atoms with Crippen LogP contribution in [0.3, 0.4) is 0 Å². The van der Waals surface area contributed by atoms with Gasteiger partial charge in [-0.05, 0) is 43.4 Å². The third-order valence-electron chi connectivity index (χ3n) is 3.86. The standard InChI is InChI=1S/C17H20ClN3/c1-10(2)13-5-4-6-14(9-13)19-16-11(3)15(18)20-17(21-16)12-7-8-12/h4-6,9-10,12H,7-8H2,1-3H3,(H,19,20,21). The van der Waals surface area contributed by atoms with Gasteiger partial charge in [0.05, 0.1) is 0 Å². The highest BCUT2D eigenvalue weighted by atomic mass is 35.5. The van der Waals surface area contributed by atoms with Crippen LogP contribution >= 0.6 is 11.6 Å². The topological polar surface area (TPSA) is 37.8 Å². The molecule has 1 aliphatic carbocycles. The number of aromatic nitrogens is 2. The van der Waals surface area contributed by atoms with Crippen LogP contribution in [0.4, 0.5) is 11.5 Å². The van der Waals surface area contributed by atoms with Crippen LogP contribution < -0.4 is 5.32 Å². The van der Waals surface area contributed by atoms with E-state index in [0.29, 0.717) is 17.0 Å². The number of rotatable bonds is 4. The fraction of sp³-hybridized carbons (Fsp3) is 0.412. The first kappa shape index (κ1) is 14.3. The number of halogens is 1. The Hall–Kier alpha value is -1.61. The summed E-state index contributed by atoms with van der Waals surface area (Å²) in [6.45, 7) is 6.34. The van der Waals surface area contributed by atoms with Crippen molar-refractivity contribution in [3.05, 3.63) is 46.4 Å². The van der Waals surface area contributed by atoms with Crippen molar-refractivity contribution < 1.29 is 0 Å². The Kier molecular flexibility index (Phi) is 3.85. The molecule has 1 aliphatic rings. The maximum atomic E-state index is 6.25. The largest absolute Gasteiger partial charge is 0.340 e. The normalized spacial score (nSPS) is 14.5. The lowest BCUT2D eigenvalue weighted by atomic mass is 10.0. The van der Waals surface area contributed by atoms with Crippen molar-refractivity contribution in [2.45, 2.75) is 45.4 Å². The molecule has 0 atom stereocenters. The first-order chi connectivity index (χ1) is 10.0. The smallest absolute Gasteiger partial charge is 0.138 e. The molecule has 0 bridgehead atoms. The molecule has 0 amide bonds. The van der Waals surface area contributed by atoms with Crippen LogP contribution in [0.5, 0.6) is 0 Å². The van der Waals surface area contributed by atoms with Crippen LogP contribution in [0, 0.1) is 6.92 Å². The van der Waals surface area contributed by atoms with Gasteiger partial charge in [0.15, 0.2) is 0 Å². The van der Waals surface area contributed by atoms with Crippen LogP contribution in [0.1, 0.15) is 55.5 Å². The number of nitrogens with zero attached hydrogens (tertiary/aromatic N) is 2. The highest BCUT2D eigenvalue weighted by Gasteiger charge is 2.28. The van der Waals surface area contributed by atoms with Crippen molar-refractivity contribution in [2.75, 3.05) is 5.32 Å². The van der Waals surface area contributed by atoms with E-state index in [9.17, 15) is 0 Å². The molecule has 1 N–H and O–H groups in total. The van der Waals surface area contributed by atoms with E-state index < -0.39 is 0 Å². The molecule has 110 valence electrons. The van der Waals surface area contributed by atoms with Gasteiger partial charge in [0, 0.05) is 17.2 Å². The van der Waals surface area contributed by atoms with E-state index in [0.717, 1.165) is 22.9 Å². The summed E-state index contributed by atoms with van der Waals surface area (Å²) >= 11 is 6.25. The summed E-state index contributed by atoms with van der Waals surface area (Å²) in [5, 5.41) is 3.95. The monoisotopic (exact) mass is 301 g/mol. The van der Waals surface area contributed by atoms with Crippen LogP contribution in [-0.4, -0.2) is 9.97 Å². The fourth-order valence-corrected chi connectivity index (χ4v) is 2.44. The fourth-order valence-electron chi connectivity index (χ4n) is 2.26. The summed E-state index contributed by atoms with van der Waals surface area (Å²) in [5.74, 6) is 2.68. The number of hydrogen-bond donors (Lipinski definition) is 1. The molecule has 1 aromatic heterocycles. The molecule has 2 aromatic rings. The zero-order chi connectivity index (χ0) is 15.0. The Bertz CT molecular complexity index is 663. The van der Waals surface area contributed by atoms with E-state index in [2.05, 4.69) is 53.4 Å². The Morgan fingerprint density at radius 2 is 2.00 bits per heavy atom. The zero-order valence-corrected chi connectivity index (χ0v) is 13.4. The van der Waals surface area contributed by atoms with Gasteiger partial charge in [-0.25, -0.2) is 9.97 Å². The summed E-state index contributed by atoms with van der Waals surface area (Å²) < 4.78 is 0. The minimum Gasteiger partial charge on any atom is -0.340 e. The van der Waals surface area contributed by atoms with Crippen LogP contribution in [0.25, 0.3) is 0 Å². The second-order valence-corrected chi connectivity index (χ2v) is 6.38. The zero-order valence-electron chi connectivity index (χ0n) is 12.7. The molecule has 1 heterocycles. The Morgan fingerprint density at radius 1 is 1.24 bits per heavy atom. The van der Waals surface area contributed by atoms with Crippen molar-refractivity contribution in [1.82, 2.24) is 9.97 Å². The average Bonchev–Trinajstić information content (AvgIpc) is 3.28. The third kappa shape index (κ3) is 3.18. The molecule has 3 rings (SSSR count). The van der Waals surface area contributed by atoms with E-state index in [4.69, 9.17) is 11.6 Å². The highest BCUT2D eigenvalue weighted by Crippen LogP contribution is 2.39. The van der Waals surface area contributed by atoms with Gasteiger partial charge >= 0.3 is 0 Å². The molecule has 0 aliphatic heterocycles. The van der Waals surface area contributed by atoms with Gasteiger partial charge in [-0.15, -0.1) is 0 Å². The molecule has 0 unspecified atom stereocenters. The van der Waals surface area contributed by atoms with Gasteiger partial charge in [0.25, 0.3) is 0 Å². The quantitative estimate of drug-likeness (QED) is 0.790. The minimum atomic E-state index is 0.491. The van der Waals surface area contributed by atoms with Crippen LogP contribution in [-0.2, 0) is 0 Å². The number of benzene rings is 1. The lowest BCUT2D eigenvalue weighted by Gasteiger charge is -2.13. The first-order valence-corrected chi connectivity index (χ1v) is 7.83. The van der Waals surface area contributed by atoms with E-state index in [1.165, 1.54) is 18.4 Å². The van der Waals surface area contributed by atoms with E-state index in [1.54, 1.807) is 0 Å². The van der Waals surface area contributed by atoms with Gasteiger partial charge in [-0.2, -0.15) is 0 Å². The lowest BCUT2D eigenvalue weighted by molar-refractivity contribution is 0.867. The Balaban J connectivity index is 1.92. The van der Waals surface area contributed by atoms with Gasteiger partial charge < -0.3 is 5.32 Å². The summed E-state index contributed by atoms with van der Waals surface area (Å²) in [5.41, 5.74) is 3.25. The summed E-state index contributed by atoms with van der Waals surface area (Å²) in [6.07, 6.45) is 2.34. The van der Waals surface area contributed by atoms with Crippen molar-refractivity contribution in [3.63, 3.8) is 0 Å². The molecule has 3 nitrogen and oxygen atoms in total. The predicted molar refractivity (Wildman–Crippen MR) is 87.6 cm³/mol. The third-order valence-corrected chi connectivity index (χ3v) is 4.23. The van der Waals surface area contributed by atoms with Crippen molar-refractivity contribution >= 4 is 23.1 Å². The minimum absolute atomic E-state index is 0.491. The molecule has 1 aromatic carbocycles. The van der Waals surface area contributed by atoms with Crippen molar-refractivity contribution in [2.24, 2.45) is 0 Å². The van der Waals surface area contributed by atoms with Crippen molar-refractivity contribution in [1.29, 1.82) is 0 Å². The summed E-state index contributed by atoms with van der Waals surface area (Å²) in [4.78, 5) is 9.06. The molecule has 21 heavy (non-hydrogen) atoms. The average molecular weight is 302 g/mol. The van der Waals surface area contributed by atoms with E-state index in [-0.39, 0.29) is 0 Å². The van der Waals surface area contributed by atoms with Gasteiger partial charge in [0.1, 0.15) is 16.8 Å². The van der Waals surface area contributed by atoms with Gasteiger partial charge in [-0.1, -0.05) is 37.6 Å². The number of nitrogens with one attached hydrogen (secondary N) is 1. The van der Waals surface area contributed by atoms with E-state index >= 15 is 0 Å². The highest BCUT2D eigenvalue weighted by molar-refractivity contribution is 6.30. The second kappa shape index (κ2) is 5.64. The Labute approximate surface area is 130 Å². The second-order valence-electron chi connectivity index (χ2n) is 6.03. The Morgan fingerprint density at radius 3 is 2.67 bits per heavy atom. The van der Waals surface area contributed by atoms with Crippen LogP contribution in [0.2, 0.25) is 5.15 Å². The molecule has 0 saturated heterocycles. The van der Waals surface area contributed by atoms with Crippen molar-refractivity contribution in [3.8, 4) is 0 Å². The predicted octanol–water partition coefficient (Wildman–Crippen LogP) is 5.18. The van der Waals surface area contributed by atoms with Crippen LogP contribution in [0.15, 0.2) is 24.3 Å². The number of hydrogen-bond acceptors (Lipinski definition) is 3. The molecule has 4 heteroatoms. The molecule has 1 fully saturated rings. The van der Waals surface area contributed by atoms with Gasteiger partial charge in [-0.3, -0.25) is 0 Å². The van der Waals surface area contributed by atoms with E-state index in [1.807, 2.05) is 6.92 Å². The SMILES string of the molecule is Cc1c(Cl)nc(C2CC2)nc1Nc1cccc(C(C)C)c1.